The van der Waals surface area contributed by atoms with Gasteiger partial charge < -0.3 is 15.0 Å². The zero-order valence-electron chi connectivity index (χ0n) is 13.3. The van der Waals surface area contributed by atoms with Crippen molar-refractivity contribution in [1.82, 2.24) is 10.2 Å². The van der Waals surface area contributed by atoms with Crippen LogP contribution in [0.15, 0.2) is 0 Å². The fraction of sp³-hybridized carbons (Fsp3) is 0.875. The SMILES string of the molecule is CCC(=O)N1CC[C@H](NC(=O)CO[C@H]2CCC[C@@H](C)C2)C1. The zero-order valence-corrected chi connectivity index (χ0v) is 13.3. The molecule has 5 nitrogen and oxygen atoms in total. The maximum Gasteiger partial charge on any atom is 0.246 e. The van der Waals surface area contributed by atoms with E-state index in [2.05, 4.69) is 12.2 Å². The summed E-state index contributed by atoms with van der Waals surface area (Å²) in [5, 5.41) is 2.98. The molecular formula is C16H28N2O3. The highest BCUT2D eigenvalue weighted by Crippen LogP contribution is 2.25. The third kappa shape index (κ3) is 4.99. The van der Waals surface area contributed by atoms with Gasteiger partial charge in [-0.05, 0) is 25.2 Å². The molecule has 1 aliphatic heterocycles. The van der Waals surface area contributed by atoms with Gasteiger partial charge in [-0.2, -0.15) is 0 Å². The number of hydrogen-bond acceptors (Lipinski definition) is 3. The standard InChI is InChI=1S/C16H28N2O3/c1-3-16(20)18-8-7-13(10-18)17-15(19)11-21-14-6-4-5-12(2)9-14/h12-14H,3-11H2,1-2H3,(H,17,19)/t12-,13+,14+/m1/s1. The van der Waals surface area contributed by atoms with Gasteiger partial charge in [0.15, 0.2) is 0 Å². The summed E-state index contributed by atoms with van der Waals surface area (Å²) in [6.07, 6.45) is 6.22. The van der Waals surface area contributed by atoms with Crippen LogP contribution in [0, 0.1) is 5.92 Å². The van der Waals surface area contributed by atoms with E-state index in [9.17, 15) is 9.59 Å². The molecule has 2 rings (SSSR count). The molecule has 21 heavy (non-hydrogen) atoms. The molecule has 2 aliphatic rings. The molecule has 2 fully saturated rings. The highest BCUT2D eigenvalue weighted by molar-refractivity contribution is 5.78. The lowest BCUT2D eigenvalue weighted by molar-refractivity contribution is -0.131. The van der Waals surface area contributed by atoms with E-state index in [0.29, 0.717) is 18.9 Å². The van der Waals surface area contributed by atoms with E-state index in [4.69, 9.17) is 4.74 Å². The summed E-state index contributed by atoms with van der Waals surface area (Å²) < 4.78 is 5.73. The molecule has 1 saturated heterocycles. The molecule has 1 aliphatic carbocycles. The monoisotopic (exact) mass is 296 g/mol. The van der Waals surface area contributed by atoms with Gasteiger partial charge in [-0.3, -0.25) is 9.59 Å². The highest BCUT2D eigenvalue weighted by Gasteiger charge is 2.27. The van der Waals surface area contributed by atoms with Gasteiger partial charge in [-0.25, -0.2) is 0 Å². The molecule has 3 atom stereocenters. The van der Waals surface area contributed by atoms with E-state index < -0.39 is 0 Å². The minimum atomic E-state index is -0.0518. The molecule has 0 aromatic heterocycles. The molecule has 1 saturated carbocycles. The second-order valence-corrected chi connectivity index (χ2v) is 6.45. The topological polar surface area (TPSA) is 58.6 Å². The molecule has 0 unspecified atom stereocenters. The number of hydrogen-bond donors (Lipinski definition) is 1. The zero-order chi connectivity index (χ0) is 15.2. The molecule has 0 aromatic carbocycles. The highest BCUT2D eigenvalue weighted by atomic mass is 16.5. The van der Waals surface area contributed by atoms with Crippen molar-refractivity contribution >= 4 is 11.8 Å². The van der Waals surface area contributed by atoms with Crippen molar-refractivity contribution in [2.45, 2.75) is 64.5 Å². The second-order valence-electron chi connectivity index (χ2n) is 6.45. The Balaban J connectivity index is 1.65. The van der Waals surface area contributed by atoms with Crippen LogP contribution in [-0.2, 0) is 14.3 Å². The fourth-order valence-electron chi connectivity index (χ4n) is 3.32. The van der Waals surface area contributed by atoms with Crippen molar-refractivity contribution in [2.75, 3.05) is 19.7 Å². The van der Waals surface area contributed by atoms with E-state index in [0.717, 1.165) is 25.8 Å². The van der Waals surface area contributed by atoms with Gasteiger partial charge in [-0.15, -0.1) is 0 Å². The Morgan fingerprint density at radius 1 is 1.29 bits per heavy atom. The first kappa shape index (κ1) is 16.3. The summed E-state index contributed by atoms with van der Waals surface area (Å²) in [5.74, 6) is 0.818. The van der Waals surface area contributed by atoms with Crippen molar-refractivity contribution in [1.29, 1.82) is 0 Å². The largest absolute Gasteiger partial charge is 0.368 e. The van der Waals surface area contributed by atoms with Gasteiger partial charge in [0.05, 0.1) is 6.10 Å². The smallest absolute Gasteiger partial charge is 0.246 e. The van der Waals surface area contributed by atoms with Crippen LogP contribution in [0.5, 0.6) is 0 Å². The summed E-state index contributed by atoms with van der Waals surface area (Å²) in [6, 6.07) is 0.0851. The van der Waals surface area contributed by atoms with Crippen LogP contribution in [0.2, 0.25) is 0 Å². The van der Waals surface area contributed by atoms with E-state index in [-0.39, 0.29) is 30.6 Å². The first-order chi connectivity index (χ1) is 10.1. The first-order valence-corrected chi connectivity index (χ1v) is 8.27. The number of carbonyl (C=O) groups excluding carboxylic acids is 2. The summed E-state index contributed by atoms with van der Waals surface area (Å²) in [5.41, 5.74) is 0. The number of amides is 2. The predicted molar refractivity (Wildman–Crippen MR) is 80.8 cm³/mol. The molecule has 0 aromatic rings. The second kappa shape index (κ2) is 7.78. The van der Waals surface area contributed by atoms with E-state index in [1.54, 1.807) is 0 Å². The molecule has 0 radical (unpaired) electrons. The molecule has 120 valence electrons. The third-order valence-electron chi connectivity index (χ3n) is 4.55. The van der Waals surface area contributed by atoms with Crippen LogP contribution in [0.25, 0.3) is 0 Å². The predicted octanol–water partition coefficient (Wildman–Crippen LogP) is 1.71. The summed E-state index contributed by atoms with van der Waals surface area (Å²) in [7, 11) is 0. The van der Waals surface area contributed by atoms with Crippen LogP contribution in [0.4, 0.5) is 0 Å². The van der Waals surface area contributed by atoms with Crippen LogP contribution >= 0.6 is 0 Å². The van der Waals surface area contributed by atoms with Crippen molar-refractivity contribution in [3.8, 4) is 0 Å². The Bertz CT molecular complexity index is 373. The number of nitrogens with zero attached hydrogens (tertiary/aromatic N) is 1. The average Bonchev–Trinajstić information content (AvgIpc) is 2.93. The van der Waals surface area contributed by atoms with Crippen molar-refractivity contribution in [3.63, 3.8) is 0 Å². The Hall–Kier alpha value is -1.10. The lowest BCUT2D eigenvalue weighted by atomic mass is 9.89. The summed E-state index contributed by atoms with van der Waals surface area (Å²) >= 11 is 0. The molecule has 1 N–H and O–H groups in total. The van der Waals surface area contributed by atoms with Gasteiger partial charge in [0.25, 0.3) is 0 Å². The molecular weight excluding hydrogens is 268 g/mol. The van der Waals surface area contributed by atoms with Gasteiger partial charge in [0, 0.05) is 25.6 Å². The Kier molecular flexibility index (Phi) is 6.03. The summed E-state index contributed by atoms with van der Waals surface area (Å²) in [6.45, 7) is 5.65. The number of ether oxygens (including phenoxy) is 1. The minimum absolute atomic E-state index is 0.0518. The van der Waals surface area contributed by atoms with Crippen LogP contribution < -0.4 is 5.32 Å². The Morgan fingerprint density at radius 2 is 2.10 bits per heavy atom. The lowest BCUT2D eigenvalue weighted by Crippen LogP contribution is -2.40. The van der Waals surface area contributed by atoms with Gasteiger partial charge in [0.1, 0.15) is 6.61 Å². The molecule has 1 heterocycles. The number of likely N-dealkylation sites (tertiary alicyclic amines) is 1. The van der Waals surface area contributed by atoms with Crippen molar-refractivity contribution in [2.24, 2.45) is 5.92 Å². The summed E-state index contributed by atoms with van der Waals surface area (Å²) in [4.78, 5) is 25.4. The lowest BCUT2D eigenvalue weighted by Gasteiger charge is -2.26. The fourth-order valence-corrected chi connectivity index (χ4v) is 3.32. The Labute approximate surface area is 127 Å². The van der Waals surface area contributed by atoms with Crippen LogP contribution in [-0.4, -0.2) is 48.6 Å². The van der Waals surface area contributed by atoms with Crippen LogP contribution in [0.3, 0.4) is 0 Å². The average molecular weight is 296 g/mol. The molecule has 2 amide bonds. The maximum atomic E-state index is 11.9. The minimum Gasteiger partial charge on any atom is -0.368 e. The van der Waals surface area contributed by atoms with Gasteiger partial charge in [0.2, 0.25) is 11.8 Å². The number of carbonyl (C=O) groups is 2. The number of nitrogens with one attached hydrogen (secondary N) is 1. The number of rotatable bonds is 5. The van der Waals surface area contributed by atoms with Crippen LogP contribution in [0.1, 0.15) is 52.4 Å². The van der Waals surface area contributed by atoms with Crippen molar-refractivity contribution in [3.05, 3.63) is 0 Å². The van der Waals surface area contributed by atoms with Gasteiger partial charge >= 0.3 is 0 Å². The quantitative estimate of drug-likeness (QED) is 0.840. The maximum absolute atomic E-state index is 11.9. The normalized spacial score (nSPS) is 29.4. The van der Waals surface area contributed by atoms with E-state index in [1.807, 2.05) is 11.8 Å². The third-order valence-corrected chi connectivity index (χ3v) is 4.55. The first-order valence-electron chi connectivity index (χ1n) is 8.27. The van der Waals surface area contributed by atoms with Gasteiger partial charge in [-0.1, -0.05) is 26.7 Å². The van der Waals surface area contributed by atoms with E-state index in [1.165, 1.54) is 12.8 Å². The van der Waals surface area contributed by atoms with Crippen molar-refractivity contribution < 1.29 is 14.3 Å². The molecule has 5 heteroatoms. The molecule has 0 bridgehead atoms. The van der Waals surface area contributed by atoms with E-state index >= 15 is 0 Å². The molecule has 0 spiro atoms. The Morgan fingerprint density at radius 3 is 2.81 bits per heavy atom.